The third-order valence-corrected chi connectivity index (χ3v) is 3.22. The van der Waals surface area contributed by atoms with Crippen molar-refractivity contribution in [2.75, 3.05) is 11.9 Å². The minimum absolute atomic E-state index is 0.0270. The molecule has 0 aliphatic carbocycles. The Bertz CT molecular complexity index is 643. The molecule has 0 spiro atoms. The lowest BCUT2D eigenvalue weighted by Gasteiger charge is -2.13. The third kappa shape index (κ3) is 3.81. The fourth-order valence-corrected chi connectivity index (χ4v) is 2.32. The van der Waals surface area contributed by atoms with E-state index in [0.717, 1.165) is 22.4 Å². The van der Waals surface area contributed by atoms with E-state index < -0.39 is 0 Å². The number of ether oxygens (including phenoxy) is 1. The number of amides is 1. The molecule has 1 aromatic heterocycles. The number of carbonyl (C=O) groups excluding carboxylic acids is 1. The highest BCUT2D eigenvalue weighted by molar-refractivity contribution is 5.91. The molecule has 2 aromatic rings. The SMILES string of the molecule is Cc1cc(C)c(OCC(=O)Nc2ncccc2C)c(C)c1. The van der Waals surface area contributed by atoms with Crippen LogP contribution in [0.2, 0.25) is 0 Å². The van der Waals surface area contributed by atoms with E-state index in [-0.39, 0.29) is 12.5 Å². The Labute approximate surface area is 125 Å². The Hall–Kier alpha value is -2.36. The number of pyridine rings is 1. The van der Waals surface area contributed by atoms with Crippen LogP contribution >= 0.6 is 0 Å². The van der Waals surface area contributed by atoms with E-state index in [0.29, 0.717) is 5.82 Å². The predicted molar refractivity (Wildman–Crippen MR) is 83.8 cm³/mol. The highest BCUT2D eigenvalue weighted by Gasteiger charge is 2.09. The van der Waals surface area contributed by atoms with Crippen molar-refractivity contribution in [2.45, 2.75) is 27.7 Å². The van der Waals surface area contributed by atoms with Crippen LogP contribution in [0.1, 0.15) is 22.3 Å². The Morgan fingerprint density at radius 3 is 2.43 bits per heavy atom. The van der Waals surface area contributed by atoms with Gasteiger partial charge in [0.05, 0.1) is 0 Å². The van der Waals surface area contributed by atoms with Gasteiger partial charge in [-0.25, -0.2) is 4.98 Å². The second kappa shape index (κ2) is 6.39. The number of rotatable bonds is 4. The van der Waals surface area contributed by atoms with Gasteiger partial charge >= 0.3 is 0 Å². The molecule has 1 heterocycles. The van der Waals surface area contributed by atoms with Gasteiger partial charge in [-0.2, -0.15) is 0 Å². The van der Waals surface area contributed by atoms with Gasteiger partial charge in [-0.15, -0.1) is 0 Å². The van der Waals surface area contributed by atoms with Crippen LogP contribution in [0.5, 0.6) is 5.75 Å². The van der Waals surface area contributed by atoms with Gasteiger partial charge in [0.2, 0.25) is 0 Å². The highest BCUT2D eigenvalue weighted by atomic mass is 16.5. The molecule has 0 aliphatic rings. The molecule has 0 fully saturated rings. The number of carbonyl (C=O) groups is 1. The van der Waals surface area contributed by atoms with Crippen LogP contribution in [0, 0.1) is 27.7 Å². The van der Waals surface area contributed by atoms with E-state index in [4.69, 9.17) is 4.74 Å². The van der Waals surface area contributed by atoms with Gasteiger partial charge in [0.1, 0.15) is 11.6 Å². The summed E-state index contributed by atoms with van der Waals surface area (Å²) < 4.78 is 5.66. The number of anilines is 1. The zero-order valence-electron chi connectivity index (χ0n) is 12.9. The fraction of sp³-hybridized carbons (Fsp3) is 0.294. The number of nitrogens with zero attached hydrogens (tertiary/aromatic N) is 1. The molecule has 21 heavy (non-hydrogen) atoms. The van der Waals surface area contributed by atoms with E-state index in [1.165, 1.54) is 5.56 Å². The Morgan fingerprint density at radius 2 is 1.81 bits per heavy atom. The summed E-state index contributed by atoms with van der Waals surface area (Å²) in [5.41, 5.74) is 4.18. The van der Waals surface area contributed by atoms with Gasteiger partial charge in [0, 0.05) is 6.20 Å². The highest BCUT2D eigenvalue weighted by Crippen LogP contribution is 2.24. The maximum Gasteiger partial charge on any atom is 0.263 e. The van der Waals surface area contributed by atoms with Crippen LogP contribution in [-0.4, -0.2) is 17.5 Å². The number of aromatic nitrogens is 1. The van der Waals surface area contributed by atoms with Crippen molar-refractivity contribution in [3.05, 3.63) is 52.7 Å². The molecule has 0 unspecified atom stereocenters. The number of aryl methyl sites for hydroxylation is 4. The standard InChI is InChI=1S/C17H20N2O2/c1-11-8-13(3)16(14(4)9-11)21-10-15(20)19-17-12(2)6-5-7-18-17/h5-9H,10H2,1-4H3,(H,18,19,20). The molecule has 110 valence electrons. The monoisotopic (exact) mass is 284 g/mol. The Morgan fingerprint density at radius 1 is 1.14 bits per heavy atom. The van der Waals surface area contributed by atoms with Crippen molar-refractivity contribution in [3.8, 4) is 5.75 Å². The van der Waals surface area contributed by atoms with Gasteiger partial charge in [-0.1, -0.05) is 23.8 Å². The first-order valence-corrected chi connectivity index (χ1v) is 6.89. The summed E-state index contributed by atoms with van der Waals surface area (Å²) in [7, 11) is 0. The van der Waals surface area contributed by atoms with Crippen molar-refractivity contribution in [1.29, 1.82) is 0 Å². The molecule has 1 N–H and O–H groups in total. The molecule has 4 nitrogen and oxygen atoms in total. The third-order valence-electron chi connectivity index (χ3n) is 3.22. The first kappa shape index (κ1) is 15.0. The summed E-state index contributed by atoms with van der Waals surface area (Å²) in [6, 6.07) is 7.82. The Balaban J connectivity index is 2.01. The second-order valence-corrected chi connectivity index (χ2v) is 5.23. The number of benzene rings is 1. The molecular formula is C17H20N2O2. The summed E-state index contributed by atoms with van der Waals surface area (Å²) >= 11 is 0. The van der Waals surface area contributed by atoms with Crippen LogP contribution in [0.25, 0.3) is 0 Å². The van der Waals surface area contributed by atoms with Crippen LogP contribution in [0.15, 0.2) is 30.5 Å². The van der Waals surface area contributed by atoms with Crippen molar-refractivity contribution < 1.29 is 9.53 Å². The van der Waals surface area contributed by atoms with E-state index in [2.05, 4.69) is 10.3 Å². The van der Waals surface area contributed by atoms with E-state index in [1.54, 1.807) is 6.20 Å². The molecule has 2 rings (SSSR count). The molecule has 0 saturated heterocycles. The predicted octanol–water partition coefficient (Wildman–Crippen LogP) is 3.33. The molecule has 4 heteroatoms. The maximum absolute atomic E-state index is 12.0. The van der Waals surface area contributed by atoms with Crippen molar-refractivity contribution in [3.63, 3.8) is 0 Å². The first-order chi connectivity index (χ1) is 9.97. The van der Waals surface area contributed by atoms with E-state index in [9.17, 15) is 4.79 Å². The van der Waals surface area contributed by atoms with Gasteiger partial charge in [0.25, 0.3) is 5.91 Å². The Kier molecular flexibility index (Phi) is 4.58. The quantitative estimate of drug-likeness (QED) is 0.937. The number of hydrogen-bond donors (Lipinski definition) is 1. The van der Waals surface area contributed by atoms with Crippen LogP contribution in [0.3, 0.4) is 0 Å². The lowest BCUT2D eigenvalue weighted by Crippen LogP contribution is -2.21. The van der Waals surface area contributed by atoms with Crippen molar-refractivity contribution in [2.24, 2.45) is 0 Å². The number of hydrogen-bond acceptors (Lipinski definition) is 3. The maximum atomic E-state index is 12.0. The van der Waals surface area contributed by atoms with Gasteiger partial charge in [-0.05, 0) is 50.5 Å². The average molecular weight is 284 g/mol. The van der Waals surface area contributed by atoms with Gasteiger partial charge in [0.15, 0.2) is 6.61 Å². The van der Waals surface area contributed by atoms with Crippen LogP contribution < -0.4 is 10.1 Å². The topological polar surface area (TPSA) is 51.2 Å². The number of nitrogens with one attached hydrogen (secondary N) is 1. The first-order valence-electron chi connectivity index (χ1n) is 6.89. The molecule has 0 aliphatic heterocycles. The second-order valence-electron chi connectivity index (χ2n) is 5.23. The molecule has 1 amide bonds. The minimum Gasteiger partial charge on any atom is -0.483 e. The average Bonchev–Trinajstić information content (AvgIpc) is 2.40. The minimum atomic E-state index is -0.212. The van der Waals surface area contributed by atoms with Crippen molar-refractivity contribution >= 4 is 11.7 Å². The summed E-state index contributed by atoms with van der Waals surface area (Å²) in [4.78, 5) is 16.1. The lowest BCUT2D eigenvalue weighted by molar-refractivity contribution is -0.118. The fourth-order valence-electron chi connectivity index (χ4n) is 2.32. The zero-order chi connectivity index (χ0) is 15.4. The van der Waals surface area contributed by atoms with Crippen molar-refractivity contribution in [1.82, 2.24) is 4.98 Å². The summed E-state index contributed by atoms with van der Waals surface area (Å²) in [6.45, 7) is 7.88. The molecular weight excluding hydrogens is 264 g/mol. The smallest absolute Gasteiger partial charge is 0.263 e. The van der Waals surface area contributed by atoms with Gasteiger partial charge < -0.3 is 10.1 Å². The molecule has 0 bridgehead atoms. The van der Waals surface area contributed by atoms with E-state index in [1.807, 2.05) is 52.0 Å². The van der Waals surface area contributed by atoms with Crippen LogP contribution in [-0.2, 0) is 4.79 Å². The zero-order valence-corrected chi connectivity index (χ0v) is 12.9. The summed E-state index contributed by atoms with van der Waals surface area (Å²) in [6.07, 6.45) is 1.65. The molecule has 0 radical (unpaired) electrons. The summed E-state index contributed by atoms with van der Waals surface area (Å²) in [5, 5.41) is 2.76. The van der Waals surface area contributed by atoms with Crippen LogP contribution in [0.4, 0.5) is 5.82 Å². The lowest BCUT2D eigenvalue weighted by atomic mass is 10.1. The molecule has 0 saturated carbocycles. The largest absolute Gasteiger partial charge is 0.483 e. The van der Waals surface area contributed by atoms with E-state index >= 15 is 0 Å². The normalized spacial score (nSPS) is 10.3. The summed E-state index contributed by atoms with van der Waals surface area (Å²) in [5.74, 6) is 1.13. The molecule has 0 atom stereocenters. The molecule has 1 aromatic carbocycles. The van der Waals surface area contributed by atoms with Gasteiger partial charge in [-0.3, -0.25) is 4.79 Å².